The molecule has 3 N–H and O–H groups in total. The molecule has 4 nitrogen and oxygen atoms in total. The number of aromatic nitrogens is 2. The first-order chi connectivity index (χ1) is 5.42. The van der Waals surface area contributed by atoms with Crippen LogP contribution in [0.3, 0.4) is 0 Å². The zero-order chi connectivity index (χ0) is 7.68. The Morgan fingerprint density at radius 2 is 2.55 bits per heavy atom. The highest BCUT2D eigenvalue weighted by Crippen LogP contribution is 2.16. The van der Waals surface area contributed by atoms with Gasteiger partial charge in [-0.1, -0.05) is 0 Å². The number of aromatic amines is 1. The van der Waals surface area contributed by atoms with Gasteiger partial charge in [-0.15, -0.1) is 0 Å². The zero-order valence-electron chi connectivity index (χ0n) is 6.26. The van der Waals surface area contributed by atoms with Crippen LogP contribution in [-0.2, 0) is 24.3 Å². The van der Waals surface area contributed by atoms with Crippen molar-refractivity contribution in [2.75, 3.05) is 6.61 Å². The number of hydrogen-bond acceptors (Lipinski definition) is 3. The number of nitrogens with two attached hydrogens (primary N) is 1. The minimum Gasteiger partial charge on any atom is -0.376 e. The molecule has 2 rings (SSSR count). The number of rotatable bonds is 1. The van der Waals surface area contributed by atoms with Gasteiger partial charge in [0.25, 0.3) is 0 Å². The summed E-state index contributed by atoms with van der Waals surface area (Å²) in [5.41, 5.74) is 8.78. The van der Waals surface area contributed by atoms with Crippen molar-refractivity contribution in [2.45, 2.75) is 19.6 Å². The molecule has 0 saturated carbocycles. The van der Waals surface area contributed by atoms with Gasteiger partial charge in [0, 0.05) is 24.2 Å². The van der Waals surface area contributed by atoms with Crippen molar-refractivity contribution in [1.82, 2.24) is 10.2 Å². The standard InChI is InChI=1S/C7H11N3O/c8-3-7-5-4-11-2-1-6(5)9-10-7/h1-4,8H2,(H,9,10). The molecule has 0 atom stereocenters. The molecule has 0 aliphatic carbocycles. The minimum absolute atomic E-state index is 0.495. The topological polar surface area (TPSA) is 63.9 Å². The van der Waals surface area contributed by atoms with Gasteiger partial charge in [0.2, 0.25) is 0 Å². The Bertz CT molecular complexity index is 243. The van der Waals surface area contributed by atoms with E-state index >= 15 is 0 Å². The fourth-order valence-corrected chi connectivity index (χ4v) is 1.34. The van der Waals surface area contributed by atoms with Crippen LogP contribution in [0.2, 0.25) is 0 Å². The molecule has 2 heterocycles. The first-order valence-corrected chi connectivity index (χ1v) is 3.74. The highest BCUT2D eigenvalue weighted by atomic mass is 16.5. The van der Waals surface area contributed by atoms with Crippen LogP contribution in [0.5, 0.6) is 0 Å². The zero-order valence-corrected chi connectivity index (χ0v) is 6.26. The van der Waals surface area contributed by atoms with Gasteiger partial charge in [-0.3, -0.25) is 5.10 Å². The SMILES string of the molecule is NCc1n[nH]c2c1COCC2. The number of nitrogens with zero attached hydrogens (tertiary/aromatic N) is 1. The van der Waals surface area contributed by atoms with Gasteiger partial charge in [-0.25, -0.2) is 0 Å². The average Bonchev–Trinajstić information content (AvgIpc) is 2.47. The van der Waals surface area contributed by atoms with E-state index in [1.54, 1.807) is 0 Å². The maximum Gasteiger partial charge on any atom is 0.0815 e. The van der Waals surface area contributed by atoms with Crippen LogP contribution in [-0.4, -0.2) is 16.8 Å². The minimum atomic E-state index is 0.495. The summed E-state index contributed by atoms with van der Waals surface area (Å²) in [7, 11) is 0. The van der Waals surface area contributed by atoms with Crippen LogP contribution < -0.4 is 5.73 Å². The maximum atomic E-state index is 5.48. The van der Waals surface area contributed by atoms with Gasteiger partial charge in [-0.05, 0) is 0 Å². The molecule has 0 fully saturated rings. The summed E-state index contributed by atoms with van der Waals surface area (Å²) in [6.07, 6.45) is 0.933. The second-order valence-corrected chi connectivity index (χ2v) is 2.63. The average molecular weight is 153 g/mol. The molecule has 0 aromatic carbocycles. The van der Waals surface area contributed by atoms with E-state index in [9.17, 15) is 0 Å². The molecule has 0 saturated heterocycles. The Labute approximate surface area is 64.7 Å². The van der Waals surface area contributed by atoms with Crippen molar-refractivity contribution < 1.29 is 4.74 Å². The van der Waals surface area contributed by atoms with Crippen molar-refractivity contribution >= 4 is 0 Å². The van der Waals surface area contributed by atoms with Crippen LogP contribution in [0, 0.1) is 0 Å². The quantitative estimate of drug-likeness (QED) is 0.594. The first kappa shape index (κ1) is 6.82. The van der Waals surface area contributed by atoms with Crippen LogP contribution >= 0.6 is 0 Å². The lowest BCUT2D eigenvalue weighted by Gasteiger charge is -2.11. The summed E-state index contributed by atoms with van der Waals surface area (Å²) < 4.78 is 5.28. The van der Waals surface area contributed by atoms with E-state index < -0.39 is 0 Å². The van der Waals surface area contributed by atoms with Crippen molar-refractivity contribution in [2.24, 2.45) is 5.73 Å². The molecular formula is C7H11N3O. The molecule has 0 bridgehead atoms. The normalized spacial score (nSPS) is 16.5. The summed E-state index contributed by atoms with van der Waals surface area (Å²) in [5.74, 6) is 0. The second kappa shape index (κ2) is 2.64. The predicted molar refractivity (Wildman–Crippen MR) is 39.8 cm³/mol. The summed E-state index contributed by atoms with van der Waals surface area (Å²) in [6, 6.07) is 0. The Kier molecular flexibility index (Phi) is 1.63. The lowest BCUT2D eigenvalue weighted by atomic mass is 10.1. The summed E-state index contributed by atoms with van der Waals surface area (Å²) >= 11 is 0. The summed E-state index contributed by atoms with van der Waals surface area (Å²) in [5, 5.41) is 7.05. The van der Waals surface area contributed by atoms with E-state index in [0.29, 0.717) is 13.2 Å². The van der Waals surface area contributed by atoms with E-state index in [4.69, 9.17) is 10.5 Å². The Morgan fingerprint density at radius 1 is 1.64 bits per heavy atom. The number of ether oxygens (including phenoxy) is 1. The number of fused-ring (bicyclic) bond motifs is 1. The van der Waals surface area contributed by atoms with Gasteiger partial charge in [0.1, 0.15) is 0 Å². The lowest BCUT2D eigenvalue weighted by Crippen LogP contribution is -2.10. The molecule has 1 aliphatic rings. The van der Waals surface area contributed by atoms with Gasteiger partial charge in [0.05, 0.1) is 18.9 Å². The Balaban J connectivity index is 2.38. The van der Waals surface area contributed by atoms with Crippen molar-refractivity contribution in [3.63, 3.8) is 0 Å². The number of hydrogen-bond donors (Lipinski definition) is 2. The molecule has 11 heavy (non-hydrogen) atoms. The summed E-state index contributed by atoms with van der Waals surface area (Å²) in [6.45, 7) is 1.95. The molecule has 0 spiro atoms. The fourth-order valence-electron chi connectivity index (χ4n) is 1.34. The molecule has 0 radical (unpaired) electrons. The lowest BCUT2D eigenvalue weighted by molar-refractivity contribution is 0.109. The van der Waals surface area contributed by atoms with Crippen LogP contribution in [0.4, 0.5) is 0 Å². The molecule has 0 unspecified atom stereocenters. The summed E-state index contributed by atoms with van der Waals surface area (Å²) in [4.78, 5) is 0. The molecule has 60 valence electrons. The monoisotopic (exact) mass is 153 g/mol. The Hall–Kier alpha value is -0.870. The van der Waals surface area contributed by atoms with Gasteiger partial charge < -0.3 is 10.5 Å². The van der Waals surface area contributed by atoms with E-state index in [-0.39, 0.29) is 0 Å². The fraction of sp³-hybridized carbons (Fsp3) is 0.571. The van der Waals surface area contributed by atoms with E-state index in [1.807, 2.05) is 0 Å². The third kappa shape index (κ3) is 1.04. The van der Waals surface area contributed by atoms with E-state index in [2.05, 4.69) is 10.2 Å². The third-order valence-corrected chi connectivity index (χ3v) is 1.97. The van der Waals surface area contributed by atoms with Crippen LogP contribution in [0.15, 0.2) is 0 Å². The molecular weight excluding hydrogens is 142 g/mol. The predicted octanol–water partition coefficient (Wildman–Crippen LogP) is -0.0589. The number of nitrogens with one attached hydrogen (secondary N) is 1. The number of H-pyrrole nitrogens is 1. The molecule has 4 heteroatoms. The van der Waals surface area contributed by atoms with Crippen LogP contribution in [0.25, 0.3) is 0 Å². The van der Waals surface area contributed by atoms with Crippen molar-refractivity contribution in [3.05, 3.63) is 17.0 Å². The largest absolute Gasteiger partial charge is 0.376 e. The highest BCUT2D eigenvalue weighted by molar-refractivity contribution is 5.25. The first-order valence-electron chi connectivity index (χ1n) is 3.74. The van der Waals surface area contributed by atoms with Gasteiger partial charge in [0.15, 0.2) is 0 Å². The Morgan fingerprint density at radius 3 is 3.36 bits per heavy atom. The van der Waals surface area contributed by atoms with Gasteiger partial charge in [-0.2, -0.15) is 5.10 Å². The molecule has 1 aromatic heterocycles. The smallest absolute Gasteiger partial charge is 0.0815 e. The van der Waals surface area contributed by atoms with E-state index in [0.717, 1.165) is 18.7 Å². The van der Waals surface area contributed by atoms with Crippen LogP contribution in [0.1, 0.15) is 17.0 Å². The second-order valence-electron chi connectivity index (χ2n) is 2.63. The maximum absolute atomic E-state index is 5.48. The van der Waals surface area contributed by atoms with Crippen molar-refractivity contribution in [1.29, 1.82) is 0 Å². The molecule has 1 aromatic rings. The third-order valence-electron chi connectivity index (χ3n) is 1.97. The van der Waals surface area contributed by atoms with Gasteiger partial charge >= 0.3 is 0 Å². The molecule has 0 amide bonds. The highest BCUT2D eigenvalue weighted by Gasteiger charge is 2.15. The van der Waals surface area contributed by atoms with Crippen molar-refractivity contribution in [3.8, 4) is 0 Å². The van der Waals surface area contributed by atoms with E-state index in [1.165, 1.54) is 11.3 Å². The molecule has 1 aliphatic heterocycles.